The normalized spacial score (nSPS) is 10.8. The van der Waals surface area contributed by atoms with Crippen molar-refractivity contribution in [1.29, 1.82) is 0 Å². The van der Waals surface area contributed by atoms with Crippen LogP contribution in [0.3, 0.4) is 0 Å². The Balaban J connectivity index is 1.78. The second kappa shape index (κ2) is 5.01. The van der Waals surface area contributed by atoms with Gasteiger partial charge in [-0.15, -0.1) is 5.10 Å². The van der Waals surface area contributed by atoms with E-state index in [1.807, 2.05) is 49.4 Å². The van der Waals surface area contributed by atoms with E-state index in [2.05, 4.69) is 26.0 Å². The van der Waals surface area contributed by atoms with Gasteiger partial charge in [0.25, 0.3) is 0 Å². The third-order valence-electron chi connectivity index (χ3n) is 2.75. The van der Waals surface area contributed by atoms with Crippen molar-refractivity contribution in [2.45, 2.75) is 13.5 Å². The summed E-state index contributed by atoms with van der Waals surface area (Å²) >= 11 is 3.43. The molecule has 3 rings (SSSR count). The van der Waals surface area contributed by atoms with Crippen molar-refractivity contribution in [3.05, 3.63) is 58.5 Å². The van der Waals surface area contributed by atoms with Gasteiger partial charge in [-0.1, -0.05) is 23.8 Å². The van der Waals surface area contributed by atoms with E-state index < -0.39 is 0 Å². The minimum absolute atomic E-state index is 0.358. The summed E-state index contributed by atoms with van der Waals surface area (Å²) in [5.74, 6) is 1.48. The summed E-state index contributed by atoms with van der Waals surface area (Å²) in [5, 5.41) is 4.38. The van der Waals surface area contributed by atoms with Crippen LogP contribution < -0.4 is 4.74 Å². The van der Waals surface area contributed by atoms with Crippen LogP contribution in [0, 0.1) is 6.92 Å². The fourth-order valence-electron chi connectivity index (χ4n) is 1.76. The highest BCUT2D eigenvalue weighted by Crippen LogP contribution is 2.15. The molecular weight excluding hydrogens is 306 g/mol. The maximum absolute atomic E-state index is 5.66. The molecule has 2 aromatic heterocycles. The SMILES string of the molecule is Cc1ccc(OCc2nc3cccc(Br)n3n2)cc1. The van der Waals surface area contributed by atoms with Gasteiger partial charge >= 0.3 is 0 Å². The molecule has 4 nitrogen and oxygen atoms in total. The first-order valence-corrected chi connectivity index (χ1v) is 6.71. The zero-order chi connectivity index (χ0) is 13.2. The van der Waals surface area contributed by atoms with Gasteiger partial charge < -0.3 is 4.74 Å². The monoisotopic (exact) mass is 317 g/mol. The van der Waals surface area contributed by atoms with Gasteiger partial charge in [0.05, 0.1) is 0 Å². The Morgan fingerprint density at radius 2 is 1.95 bits per heavy atom. The summed E-state index contributed by atoms with van der Waals surface area (Å²) in [6.07, 6.45) is 0. The van der Waals surface area contributed by atoms with Gasteiger partial charge in [0, 0.05) is 0 Å². The van der Waals surface area contributed by atoms with Crippen molar-refractivity contribution in [3.63, 3.8) is 0 Å². The molecule has 0 aliphatic heterocycles. The third kappa shape index (κ3) is 2.61. The number of rotatable bonds is 3. The average molecular weight is 318 g/mol. The molecule has 0 radical (unpaired) electrons. The highest BCUT2D eigenvalue weighted by atomic mass is 79.9. The van der Waals surface area contributed by atoms with Crippen molar-refractivity contribution in [2.24, 2.45) is 0 Å². The zero-order valence-electron chi connectivity index (χ0n) is 10.4. The number of fused-ring (bicyclic) bond motifs is 1. The largest absolute Gasteiger partial charge is 0.486 e. The highest BCUT2D eigenvalue weighted by molar-refractivity contribution is 9.10. The van der Waals surface area contributed by atoms with Crippen LogP contribution in [0.1, 0.15) is 11.4 Å². The van der Waals surface area contributed by atoms with E-state index in [4.69, 9.17) is 4.74 Å². The quantitative estimate of drug-likeness (QED) is 0.695. The maximum Gasteiger partial charge on any atom is 0.189 e. The number of hydrogen-bond acceptors (Lipinski definition) is 3. The van der Waals surface area contributed by atoms with Crippen LogP contribution in [0.25, 0.3) is 5.65 Å². The Hall–Kier alpha value is -1.88. The molecule has 0 N–H and O–H groups in total. The smallest absolute Gasteiger partial charge is 0.189 e. The van der Waals surface area contributed by atoms with Crippen LogP contribution in [-0.2, 0) is 6.61 Å². The van der Waals surface area contributed by atoms with Gasteiger partial charge in [0.2, 0.25) is 0 Å². The van der Waals surface area contributed by atoms with Crippen molar-refractivity contribution in [2.75, 3.05) is 0 Å². The van der Waals surface area contributed by atoms with E-state index in [9.17, 15) is 0 Å². The lowest BCUT2D eigenvalue weighted by Crippen LogP contribution is -1.98. The van der Waals surface area contributed by atoms with Crippen LogP contribution in [0.4, 0.5) is 0 Å². The Labute approximate surface area is 119 Å². The molecule has 0 spiro atoms. The zero-order valence-corrected chi connectivity index (χ0v) is 12.0. The molecule has 19 heavy (non-hydrogen) atoms. The lowest BCUT2D eigenvalue weighted by Gasteiger charge is -2.03. The van der Waals surface area contributed by atoms with Crippen LogP contribution in [0.2, 0.25) is 0 Å². The molecule has 0 saturated heterocycles. The standard InChI is InChI=1S/C14H12BrN3O/c1-10-5-7-11(8-6-10)19-9-13-16-14-4-2-3-12(15)18(14)17-13/h2-8H,9H2,1H3. The van der Waals surface area contributed by atoms with Crippen molar-refractivity contribution in [1.82, 2.24) is 14.6 Å². The summed E-state index contributed by atoms with van der Waals surface area (Å²) in [6, 6.07) is 13.7. The van der Waals surface area contributed by atoms with Crippen molar-refractivity contribution < 1.29 is 4.74 Å². The number of aryl methyl sites for hydroxylation is 1. The molecule has 0 aliphatic rings. The number of halogens is 1. The second-order valence-corrected chi connectivity index (χ2v) is 5.06. The number of ether oxygens (including phenoxy) is 1. The fraction of sp³-hybridized carbons (Fsp3) is 0.143. The van der Waals surface area contributed by atoms with Crippen molar-refractivity contribution >= 4 is 21.6 Å². The molecule has 0 saturated carbocycles. The summed E-state index contributed by atoms with van der Waals surface area (Å²) in [5.41, 5.74) is 2.01. The number of nitrogens with zero attached hydrogens (tertiary/aromatic N) is 3. The van der Waals surface area contributed by atoms with Crippen LogP contribution in [0.15, 0.2) is 47.1 Å². The van der Waals surface area contributed by atoms with Crippen molar-refractivity contribution in [3.8, 4) is 5.75 Å². The van der Waals surface area contributed by atoms with E-state index in [-0.39, 0.29) is 0 Å². The van der Waals surface area contributed by atoms with Gasteiger partial charge in [-0.25, -0.2) is 9.50 Å². The van der Waals surface area contributed by atoms with Gasteiger partial charge in [-0.05, 0) is 47.1 Å². The summed E-state index contributed by atoms with van der Waals surface area (Å²) in [6.45, 7) is 2.40. The van der Waals surface area contributed by atoms with E-state index in [0.29, 0.717) is 12.4 Å². The molecule has 0 unspecified atom stereocenters. The van der Waals surface area contributed by atoms with Gasteiger partial charge in [0.15, 0.2) is 11.5 Å². The van der Waals surface area contributed by atoms with Gasteiger partial charge in [-0.2, -0.15) is 0 Å². The van der Waals surface area contributed by atoms with E-state index >= 15 is 0 Å². The molecule has 1 aromatic carbocycles. The van der Waals surface area contributed by atoms with Crippen LogP contribution in [0.5, 0.6) is 5.75 Å². The van der Waals surface area contributed by atoms with Gasteiger partial charge in [0.1, 0.15) is 17.0 Å². The number of pyridine rings is 1. The number of benzene rings is 1. The van der Waals surface area contributed by atoms with Crippen LogP contribution in [-0.4, -0.2) is 14.6 Å². The Bertz CT molecular complexity index is 706. The number of hydrogen-bond donors (Lipinski definition) is 0. The lowest BCUT2D eigenvalue weighted by atomic mass is 10.2. The molecular formula is C14H12BrN3O. The molecule has 0 amide bonds. The van der Waals surface area contributed by atoms with E-state index in [1.54, 1.807) is 4.52 Å². The summed E-state index contributed by atoms with van der Waals surface area (Å²) in [4.78, 5) is 4.40. The summed E-state index contributed by atoms with van der Waals surface area (Å²) in [7, 11) is 0. The average Bonchev–Trinajstić information content (AvgIpc) is 2.83. The fourth-order valence-corrected chi connectivity index (χ4v) is 2.17. The van der Waals surface area contributed by atoms with Crippen LogP contribution >= 0.6 is 15.9 Å². The number of aromatic nitrogens is 3. The molecule has 0 bridgehead atoms. The first kappa shape index (κ1) is 12.2. The molecule has 0 aliphatic carbocycles. The molecule has 0 atom stereocenters. The molecule has 3 aromatic rings. The first-order chi connectivity index (χ1) is 9.22. The second-order valence-electron chi connectivity index (χ2n) is 4.25. The highest BCUT2D eigenvalue weighted by Gasteiger charge is 2.06. The van der Waals surface area contributed by atoms with Gasteiger partial charge in [-0.3, -0.25) is 0 Å². The topological polar surface area (TPSA) is 39.4 Å². The third-order valence-corrected chi connectivity index (χ3v) is 3.35. The van der Waals surface area contributed by atoms with E-state index in [0.717, 1.165) is 16.0 Å². The summed E-state index contributed by atoms with van der Waals surface area (Å²) < 4.78 is 8.28. The maximum atomic E-state index is 5.66. The molecule has 2 heterocycles. The first-order valence-electron chi connectivity index (χ1n) is 5.92. The molecule has 0 fully saturated rings. The minimum atomic E-state index is 0.358. The minimum Gasteiger partial charge on any atom is -0.486 e. The predicted octanol–water partition coefficient (Wildman–Crippen LogP) is 3.38. The van der Waals surface area contributed by atoms with E-state index in [1.165, 1.54) is 5.56 Å². The molecule has 5 heteroatoms. The predicted molar refractivity (Wildman–Crippen MR) is 76.2 cm³/mol. The Morgan fingerprint density at radius 1 is 1.16 bits per heavy atom. The lowest BCUT2D eigenvalue weighted by molar-refractivity contribution is 0.296. The Morgan fingerprint density at radius 3 is 2.68 bits per heavy atom. The Kier molecular flexibility index (Phi) is 3.21. The molecule has 96 valence electrons.